The van der Waals surface area contributed by atoms with Crippen molar-refractivity contribution < 1.29 is 9.50 Å². The van der Waals surface area contributed by atoms with Gasteiger partial charge >= 0.3 is 0 Å². The number of nitrogens with zero attached hydrogens (tertiary/aromatic N) is 1. The van der Waals surface area contributed by atoms with Gasteiger partial charge in [0.2, 0.25) is 0 Å². The lowest BCUT2D eigenvalue weighted by molar-refractivity contribution is 0.469. The molecule has 3 nitrogen and oxygen atoms in total. The zero-order chi connectivity index (χ0) is 8.43. The molecule has 3 N–H and O–H groups in total. The van der Waals surface area contributed by atoms with Gasteiger partial charge in [-0.3, -0.25) is 0 Å². The van der Waals surface area contributed by atoms with E-state index >= 15 is 0 Å². The Morgan fingerprint density at radius 3 is 2.64 bits per heavy atom. The highest BCUT2D eigenvalue weighted by atomic mass is 19.1. The molecule has 0 radical (unpaired) electrons. The highest BCUT2D eigenvalue weighted by Gasteiger charge is 2.09. The fourth-order valence-electron chi connectivity index (χ4n) is 0.689. The first-order chi connectivity index (χ1) is 5.16. The monoisotopic (exact) mass is 152 g/mol. The van der Waals surface area contributed by atoms with Crippen LogP contribution in [0.1, 0.15) is 5.56 Å². The highest BCUT2D eigenvalue weighted by molar-refractivity contribution is 5.60. The van der Waals surface area contributed by atoms with Gasteiger partial charge < -0.3 is 10.8 Å². The lowest BCUT2D eigenvalue weighted by atomic mass is 10.2. The predicted octanol–water partition coefficient (Wildman–Crippen LogP) is 0.985. The molecule has 0 spiro atoms. The molecule has 0 fully saturated rings. The second kappa shape index (κ2) is 2.46. The number of hydrogen-bond acceptors (Lipinski definition) is 3. The number of hydrogen-bond donors (Lipinski definition) is 2. The van der Waals surface area contributed by atoms with Crippen LogP contribution in [0.15, 0.2) is 12.1 Å². The SMILES string of the molecule is N#Cc1c(F)ccc(N)c1O. The van der Waals surface area contributed by atoms with E-state index in [1.165, 1.54) is 12.1 Å². The lowest BCUT2D eigenvalue weighted by Gasteiger charge is -1.99. The molecule has 0 atom stereocenters. The third kappa shape index (κ3) is 1.08. The summed E-state index contributed by atoms with van der Waals surface area (Å²) in [7, 11) is 0. The summed E-state index contributed by atoms with van der Waals surface area (Å²) in [6.07, 6.45) is 0. The van der Waals surface area contributed by atoms with Crippen molar-refractivity contribution >= 4 is 5.69 Å². The van der Waals surface area contributed by atoms with Crippen LogP contribution in [0.3, 0.4) is 0 Å². The minimum absolute atomic E-state index is 0.00273. The van der Waals surface area contributed by atoms with E-state index in [9.17, 15) is 4.39 Å². The van der Waals surface area contributed by atoms with Crippen LogP contribution in [0, 0.1) is 17.1 Å². The first-order valence-electron chi connectivity index (χ1n) is 2.84. The number of nitriles is 1. The molecule has 0 saturated carbocycles. The molecular weight excluding hydrogens is 147 g/mol. The van der Waals surface area contributed by atoms with Gasteiger partial charge in [-0.25, -0.2) is 4.39 Å². The van der Waals surface area contributed by atoms with E-state index in [2.05, 4.69) is 0 Å². The largest absolute Gasteiger partial charge is 0.504 e. The number of nitrogens with two attached hydrogens (primary N) is 1. The number of halogens is 1. The Kier molecular flexibility index (Phi) is 1.65. The van der Waals surface area contributed by atoms with Crippen LogP contribution in [-0.2, 0) is 0 Å². The Morgan fingerprint density at radius 1 is 1.55 bits per heavy atom. The Morgan fingerprint density at radius 2 is 2.18 bits per heavy atom. The van der Waals surface area contributed by atoms with Crippen molar-refractivity contribution in [2.45, 2.75) is 0 Å². The number of phenols is 1. The number of anilines is 1. The third-order valence-corrected chi connectivity index (χ3v) is 1.27. The topological polar surface area (TPSA) is 70.0 Å². The molecule has 0 bridgehead atoms. The van der Waals surface area contributed by atoms with E-state index in [1.54, 1.807) is 0 Å². The molecule has 0 saturated heterocycles. The molecule has 11 heavy (non-hydrogen) atoms. The quantitative estimate of drug-likeness (QED) is 0.430. The Labute approximate surface area is 62.5 Å². The molecule has 1 aromatic carbocycles. The maximum Gasteiger partial charge on any atom is 0.159 e. The zero-order valence-electron chi connectivity index (χ0n) is 5.50. The zero-order valence-corrected chi connectivity index (χ0v) is 5.50. The Hall–Kier alpha value is -1.76. The summed E-state index contributed by atoms with van der Waals surface area (Å²) in [5, 5.41) is 17.3. The van der Waals surface area contributed by atoms with E-state index < -0.39 is 17.1 Å². The van der Waals surface area contributed by atoms with Crippen molar-refractivity contribution in [3.8, 4) is 11.8 Å². The van der Waals surface area contributed by atoms with Crippen molar-refractivity contribution in [1.29, 1.82) is 5.26 Å². The van der Waals surface area contributed by atoms with Crippen LogP contribution in [-0.4, -0.2) is 5.11 Å². The van der Waals surface area contributed by atoms with Crippen molar-refractivity contribution in [3.05, 3.63) is 23.5 Å². The fraction of sp³-hybridized carbons (Fsp3) is 0. The van der Waals surface area contributed by atoms with Gasteiger partial charge in [0.1, 0.15) is 17.4 Å². The van der Waals surface area contributed by atoms with Crippen LogP contribution >= 0.6 is 0 Å². The van der Waals surface area contributed by atoms with E-state index in [-0.39, 0.29) is 5.69 Å². The Balaban J connectivity index is 3.44. The average molecular weight is 152 g/mol. The molecular formula is C7H5FN2O. The van der Waals surface area contributed by atoms with Gasteiger partial charge in [-0.1, -0.05) is 0 Å². The standard InChI is InChI=1S/C7H5FN2O/c8-5-1-2-6(10)7(11)4(5)3-9/h1-2,11H,10H2. The van der Waals surface area contributed by atoms with E-state index in [0.717, 1.165) is 6.07 Å². The summed E-state index contributed by atoms with van der Waals surface area (Å²) in [6.45, 7) is 0. The highest BCUT2D eigenvalue weighted by Crippen LogP contribution is 2.25. The molecule has 56 valence electrons. The van der Waals surface area contributed by atoms with Crippen LogP contribution in [0.2, 0.25) is 0 Å². The Bertz CT molecular complexity index is 330. The summed E-state index contributed by atoms with van der Waals surface area (Å²) < 4.78 is 12.6. The second-order valence-electron chi connectivity index (χ2n) is 1.97. The fourth-order valence-corrected chi connectivity index (χ4v) is 0.689. The molecule has 0 amide bonds. The summed E-state index contributed by atoms with van der Waals surface area (Å²) in [4.78, 5) is 0. The van der Waals surface area contributed by atoms with Crippen LogP contribution in [0.5, 0.6) is 5.75 Å². The normalized spacial score (nSPS) is 9.09. The maximum atomic E-state index is 12.6. The summed E-state index contributed by atoms with van der Waals surface area (Å²) in [5.41, 5.74) is 4.79. The van der Waals surface area contributed by atoms with E-state index in [1.807, 2.05) is 0 Å². The number of nitrogen functional groups attached to an aromatic ring is 1. The van der Waals surface area contributed by atoms with Gasteiger partial charge in [0, 0.05) is 0 Å². The first kappa shape index (κ1) is 7.35. The predicted molar refractivity (Wildman–Crippen MR) is 37.2 cm³/mol. The summed E-state index contributed by atoms with van der Waals surface area (Å²) >= 11 is 0. The number of benzene rings is 1. The molecule has 4 heteroatoms. The van der Waals surface area contributed by atoms with Gasteiger partial charge in [0.25, 0.3) is 0 Å². The molecule has 0 aliphatic heterocycles. The van der Waals surface area contributed by atoms with Crippen molar-refractivity contribution in [3.63, 3.8) is 0 Å². The first-order valence-corrected chi connectivity index (χ1v) is 2.84. The molecule has 0 unspecified atom stereocenters. The van der Waals surface area contributed by atoms with Gasteiger partial charge in [-0.2, -0.15) is 5.26 Å². The number of phenolic OH excluding ortho intramolecular Hbond substituents is 1. The van der Waals surface area contributed by atoms with Gasteiger partial charge in [-0.05, 0) is 12.1 Å². The maximum absolute atomic E-state index is 12.6. The van der Waals surface area contributed by atoms with E-state index in [4.69, 9.17) is 16.1 Å². The smallest absolute Gasteiger partial charge is 0.159 e. The van der Waals surface area contributed by atoms with Crippen molar-refractivity contribution in [2.24, 2.45) is 0 Å². The molecule has 1 rings (SSSR count). The number of rotatable bonds is 0. The van der Waals surface area contributed by atoms with Crippen molar-refractivity contribution in [2.75, 3.05) is 5.73 Å². The third-order valence-electron chi connectivity index (χ3n) is 1.27. The van der Waals surface area contributed by atoms with E-state index in [0.29, 0.717) is 0 Å². The molecule has 0 aromatic heterocycles. The molecule has 0 heterocycles. The molecule has 0 aliphatic rings. The lowest BCUT2D eigenvalue weighted by Crippen LogP contribution is -1.91. The van der Waals surface area contributed by atoms with Crippen LogP contribution in [0.4, 0.5) is 10.1 Å². The van der Waals surface area contributed by atoms with Crippen LogP contribution < -0.4 is 5.73 Å². The van der Waals surface area contributed by atoms with Gasteiger partial charge in [-0.15, -0.1) is 0 Å². The van der Waals surface area contributed by atoms with Gasteiger partial charge in [0.15, 0.2) is 5.75 Å². The molecule has 1 aromatic rings. The summed E-state index contributed by atoms with van der Waals surface area (Å²) in [5.74, 6) is -1.26. The molecule has 0 aliphatic carbocycles. The average Bonchev–Trinajstić information content (AvgIpc) is 1.99. The minimum atomic E-state index is -0.765. The second-order valence-corrected chi connectivity index (χ2v) is 1.97. The number of aromatic hydroxyl groups is 1. The van der Waals surface area contributed by atoms with Crippen molar-refractivity contribution in [1.82, 2.24) is 0 Å². The van der Waals surface area contributed by atoms with Crippen LogP contribution in [0.25, 0.3) is 0 Å². The minimum Gasteiger partial charge on any atom is -0.504 e. The van der Waals surface area contributed by atoms with Gasteiger partial charge in [0.05, 0.1) is 5.69 Å². The summed E-state index contributed by atoms with van der Waals surface area (Å²) in [6, 6.07) is 3.73.